The van der Waals surface area contributed by atoms with Crippen molar-refractivity contribution in [1.82, 2.24) is 4.98 Å². The third-order valence-corrected chi connectivity index (χ3v) is 5.73. The number of benzene rings is 2. The first-order chi connectivity index (χ1) is 12.2. The number of aromatic nitrogens is 1. The standard InChI is InChI=1S/C21H20N2OS/c1-15-14-22-20(25-15)23-19(24)21(12-13-21)18(16-8-4-2-5-9-16)17-10-6-3-7-11-17/h2-11,14,18H,12-13H2,1H3,(H,22,23,24). The summed E-state index contributed by atoms with van der Waals surface area (Å²) < 4.78 is 0. The molecule has 1 fully saturated rings. The van der Waals surface area contributed by atoms with E-state index in [1.165, 1.54) is 22.5 Å². The van der Waals surface area contributed by atoms with Crippen LogP contribution in [-0.4, -0.2) is 10.9 Å². The number of hydrogen-bond donors (Lipinski definition) is 1. The van der Waals surface area contributed by atoms with Gasteiger partial charge in [-0.05, 0) is 30.9 Å². The molecule has 25 heavy (non-hydrogen) atoms. The van der Waals surface area contributed by atoms with E-state index < -0.39 is 0 Å². The van der Waals surface area contributed by atoms with Gasteiger partial charge in [0.2, 0.25) is 5.91 Å². The Labute approximate surface area is 151 Å². The van der Waals surface area contributed by atoms with Crippen molar-refractivity contribution >= 4 is 22.4 Å². The SMILES string of the molecule is Cc1cnc(NC(=O)C2(C(c3ccccc3)c3ccccc3)CC2)s1. The summed E-state index contributed by atoms with van der Waals surface area (Å²) >= 11 is 1.52. The fourth-order valence-electron chi connectivity index (χ4n) is 3.54. The van der Waals surface area contributed by atoms with Crippen LogP contribution in [0.5, 0.6) is 0 Å². The predicted octanol–water partition coefficient (Wildman–Crippen LogP) is 5.00. The molecule has 4 rings (SSSR count). The lowest BCUT2D eigenvalue weighted by molar-refractivity contribution is -0.121. The van der Waals surface area contributed by atoms with Crippen LogP contribution in [0.2, 0.25) is 0 Å². The number of nitrogens with zero attached hydrogens (tertiary/aromatic N) is 1. The summed E-state index contributed by atoms with van der Waals surface area (Å²) in [6, 6.07) is 20.7. The second kappa shape index (κ2) is 6.45. The van der Waals surface area contributed by atoms with Gasteiger partial charge in [-0.15, -0.1) is 11.3 Å². The summed E-state index contributed by atoms with van der Waals surface area (Å²) in [6.07, 6.45) is 3.60. The van der Waals surface area contributed by atoms with Gasteiger partial charge in [0.25, 0.3) is 0 Å². The molecular formula is C21H20N2OS. The minimum atomic E-state index is -0.387. The van der Waals surface area contributed by atoms with Crippen LogP contribution < -0.4 is 5.32 Å². The highest BCUT2D eigenvalue weighted by Gasteiger charge is 2.56. The maximum Gasteiger partial charge on any atom is 0.233 e. The maximum atomic E-state index is 13.1. The Bertz CT molecular complexity index is 830. The molecule has 126 valence electrons. The average Bonchev–Trinajstić information content (AvgIpc) is 3.33. The van der Waals surface area contributed by atoms with Crippen molar-refractivity contribution in [3.8, 4) is 0 Å². The molecule has 0 atom stereocenters. The van der Waals surface area contributed by atoms with Gasteiger partial charge in [0.15, 0.2) is 5.13 Å². The average molecular weight is 348 g/mol. The van der Waals surface area contributed by atoms with E-state index in [9.17, 15) is 4.79 Å². The van der Waals surface area contributed by atoms with Crippen LogP contribution in [0.1, 0.15) is 34.8 Å². The van der Waals surface area contributed by atoms with E-state index in [4.69, 9.17) is 0 Å². The fraction of sp³-hybridized carbons (Fsp3) is 0.238. The lowest BCUT2D eigenvalue weighted by Gasteiger charge is -2.27. The van der Waals surface area contributed by atoms with Crippen LogP contribution >= 0.6 is 11.3 Å². The van der Waals surface area contributed by atoms with E-state index in [1.54, 1.807) is 6.20 Å². The third kappa shape index (κ3) is 3.10. The van der Waals surface area contributed by atoms with Crippen LogP contribution in [0.3, 0.4) is 0 Å². The van der Waals surface area contributed by atoms with Crippen LogP contribution in [0, 0.1) is 12.3 Å². The van der Waals surface area contributed by atoms with Gasteiger partial charge in [0.05, 0.1) is 5.41 Å². The summed E-state index contributed by atoms with van der Waals surface area (Å²) in [5.41, 5.74) is 2.00. The monoisotopic (exact) mass is 348 g/mol. The number of aryl methyl sites for hydroxylation is 1. The van der Waals surface area contributed by atoms with Crippen LogP contribution in [-0.2, 0) is 4.79 Å². The highest BCUT2D eigenvalue weighted by atomic mass is 32.1. The van der Waals surface area contributed by atoms with Crippen molar-refractivity contribution < 1.29 is 4.79 Å². The predicted molar refractivity (Wildman–Crippen MR) is 102 cm³/mol. The zero-order valence-corrected chi connectivity index (χ0v) is 14.9. The van der Waals surface area contributed by atoms with Gasteiger partial charge in [0, 0.05) is 17.0 Å². The molecule has 3 nitrogen and oxygen atoms in total. The Morgan fingerprint density at radius 1 is 1.04 bits per heavy atom. The first kappa shape index (κ1) is 16.0. The Balaban J connectivity index is 1.70. The van der Waals surface area contributed by atoms with E-state index in [2.05, 4.69) is 34.6 Å². The number of nitrogens with one attached hydrogen (secondary N) is 1. The van der Waals surface area contributed by atoms with Gasteiger partial charge in [-0.3, -0.25) is 4.79 Å². The number of amides is 1. The molecule has 0 saturated heterocycles. The molecule has 2 aromatic carbocycles. The van der Waals surface area contributed by atoms with Crippen molar-refractivity contribution in [3.63, 3.8) is 0 Å². The quantitative estimate of drug-likeness (QED) is 0.705. The number of carbonyl (C=O) groups is 1. The van der Waals surface area contributed by atoms with Gasteiger partial charge in [-0.2, -0.15) is 0 Å². The molecule has 1 aliphatic carbocycles. The molecule has 0 bridgehead atoms. The normalized spacial score (nSPS) is 15.1. The second-order valence-corrected chi connectivity index (χ2v) is 7.88. The summed E-state index contributed by atoms with van der Waals surface area (Å²) in [5, 5.41) is 3.74. The lowest BCUT2D eigenvalue weighted by atomic mass is 9.77. The first-order valence-electron chi connectivity index (χ1n) is 8.53. The van der Waals surface area contributed by atoms with Crippen LogP contribution in [0.4, 0.5) is 5.13 Å². The summed E-state index contributed by atoms with van der Waals surface area (Å²) in [7, 11) is 0. The highest BCUT2D eigenvalue weighted by molar-refractivity contribution is 7.15. The smallest absolute Gasteiger partial charge is 0.233 e. The van der Waals surface area contributed by atoms with Gasteiger partial charge in [-0.25, -0.2) is 4.98 Å². The first-order valence-corrected chi connectivity index (χ1v) is 9.34. The molecule has 0 unspecified atom stereocenters. The van der Waals surface area contributed by atoms with Gasteiger partial charge in [-0.1, -0.05) is 60.7 Å². The van der Waals surface area contributed by atoms with E-state index in [1.807, 2.05) is 43.3 Å². The van der Waals surface area contributed by atoms with E-state index in [-0.39, 0.29) is 17.2 Å². The minimum Gasteiger partial charge on any atom is -0.301 e. The number of rotatable bonds is 5. The number of carbonyl (C=O) groups excluding carboxylic acids is 1. The molecule has 1 aliphatic rings. The molecule has 1 heterocycles. The number of thiazole rings is 1. The highest BCUT2D eigenvalue weighted by Crippen LogP contribution is 2.59. The van der Waals surface area contributed by atoms with Crippen molar-refractivity contribution in [2.75, 3.05) is 5.32 Å². The summed E-state index contributed by atoms with van der Waals surface area (Å²) in [5.74, 6) is 0.149. The van der Waals surface area contributed by atoms with Gasteiger partial charge < -0.3 is 5.32 Å². The van der Waals surface area contributed by atoms with Gasteiger partial charge in [0.1, 0.15) is 0 Å². The summed E-state index contributed by atoms with van der Waals surface area (Å²) in [4.78, 5) is 18.5. The van der Waals surface area contributed by atoms with Crippen molar-refractivity contribution in [1.29, 1.82) is 0 Å². The third-order valence-electron chi connectivity index (χ3n) is 4.90. The Kier molecular flexibility index (Phi) is 4.14. The van der Waals surface area contributed by atoms with E-state index >= 15 is 0 Å². The van der Waals surface area contributed by atoms with E-state index in [0.717, 1.165) is 17.7 Å². The molecule has 4 heteroatoms. The van der Waals surface area contributed by atoms with E-state index in [0.29, 0.717) is 5.13 Å². The number of anilines is 1. The molecular weight excluding hydrogens is 328 g/mol. The fourth-order valence-corrected chi connectivity index (χ4v) is 4.20. The zero-order valence-electron chi connectivity index (χ0n) is 14.1. The Morgan fingerprint density at radius 2 is 1.60 bits per heavy atom. The summed E-state index contributed by atoms with van der Waals surface area (Å²) in [6.45, 7) is 2.00. The molecule has 0 spiro atoms. The molecule has 0 radical (unpaired) electrons. The molecule has 1 aromatic heterocycles. The molecule has 0 aliphatic heterocycles. The van der Waals surface area contributed by atoms with Crippen molar-refractivity contribution in [2.24, 2.45) is 5.41 Å². The van der Waals surface area contributed by atoms with Crippen molar-refractivity contribution in [2.45, 2.75) is 25.7 Å². The Morgan fingerprint density at radius 3 is 2.04 bits per heavy atom. The van der Waals surface area contributed by atoms with Crippen LogP contribution in [0.15, 0.2) is 66.9 Å². The molecule has 1 saturated carbocycles. The molecule has 1 amide bonds. The largest absolute Gasteiger partial charge is 0.301 e. The minimum absolute atomic E-state index is 0.0657. The van der Waals surface area contributed by atoms with Crippen molar-refractivity contribution in [3.05, 3.63) is 82.9 Å². The zero-order chi connectivity index (χ0) is 17.3. The van der Waals surface area contributed by atoms with Crippen LogP contribution in [0.25, 0.3) is 0 Å². The lowest BCUT2D eigenvalue weighted by Crippen LogP contribution is -2.30. The molecule has 1 N–H and O–H groups in total. The maximum absolute atomic E-state index is 13.1. The second-order valence-electron chi connectivity index (χ2n) is 6.64. The number of hydrogen-bond acceptors (Lipinski definition) is 3. The Hall–Kier alpha value is -2.46. The van der Waals surface area contributed by atoms with Gasteiger partial charge >= 0.3 is 0 Å². The topological polar surface area (TPSA) is 42.0 Å². The molecule has 3 aromatic rings.